The summed E-state index contributed by atoms with van der Waals surface area (Å²) in [6.07, 6.45) is 6.54. The van der Waals surface area contributed by atoms with Crippen molar-refractivity contribution in [3.63, 3.8) is 0 Å². The quantitative estimate of drug-likeness (QED) is 0.705. The highest BCUT2D eigenvalue weighted by molar-refractivity contribution is 5.37. The van der Waals surface area contributed by atoms with E-state index in [0.29, 0.717) is 6.04 Å². The van der Waals surface area contributed by atoms with E-state index >= 15 is 0 Å². The monoisotopic (exact) mass is 189 g/mol. The molecule has 1 saturated carbocycles. The molecular formula is C11H15N3. The van der Waals surface area contributed by atoms with Crippen LogP contribution in [-0.2, 0) is 6.42 Å². The van der Waals surface area contributed by atoms with Gasteiger partial charge in [0.2, 0.25) is 0 Å². The molecule has 4 rings (SSSR count). The van der Waals surface area contributed by atoms with Gasteiger partial charge in [-0.15, -0.1) is 0 Å². The van der Waals surface area contributed by atoms with Crippen molar-refractivity contribution < 1.29 is 0 Å². The van der Waals surface area contributed by atoms with Gasteiger partial charge in [0.25, 0.3) is 0 Å². The van der Waals surface area contributed by atoms with Gasteiger partial charge in [0.15, 0.2) is 0 Å². The Balaban J connectivity index is 1.85. The smallest absolute Gasteiger partial charge is 0.0703 e. The van der Waals surface area contributed by atoms with Gasteiger partial charge in [-0.2, -0.15) is 5.10 Å². The van der Waals surface area contributed by atoms with Crippen LogP contribution in [-0.4, -0.2) is 16.2 Å². The first-order valence-electron chi connectivity index (χ1n) is 5.75. The molecule has 2 N–H and O–H groups in total. The molecule has 3 heterocycles. The van der Waals surface area contributed by atoms with Gasteiger partial charge in [0, 0.05) is 35.7 Å². The predicted molar refractivity (Wildman–Crippen MR) is 53.2 cm³/mol. The van der Waals surface area contributed by atoms with E-state index in [0.717, 1.165) is 12.0 Å². The molecule has 0 unspecified atom stereocenters. The number of rotatable bonds is 1. The lowest BCUT2D eigenvalue weighted by atomic mass is 9.98. The van der Waals surface area contributed by atoms with E-state index in [9.17, 15) is 0 Å². The molecule has 2 fully saturated rings. The Morgan fingerprint density at radius 1 is 1.14 bits per heavy atom. The summed E-state index contributed by atoms with van der Waals surface area (Å²) in [4.78, 5) is 0. The molecule has 0 amide bonds. The lowest BCUT2D eigenvalue weighted by Gasteiger charge is -2.21. The summed E-state index contributed by atoms with van der Waals surface area (Å²) in [5.41, 5.74) is 4.36. The Hall–Kier alpha value is -0.830. The lowest BCUT2D eigenvalue weighted by Crippen LogP contribution is -2.31. The fourth-order valence-electron chi connectivity index (χ4n) is 3.07. The van der Waals surface area contributed by atoms with Gasteiger partial charge >= 0.3 is 0 Å². The van der Waals surface area contributed by atoms with Crippen LogP contribution >= 0.6 is 0 Å². The van der Waals surface area contributed by atoms with Crippen LogP contribution in [0.3, 0.4) is 0 Å². The maximum absolute atomic E-state index is 4.51. The average Bonchev–Trinajstić information content (AvgIpc) is 2.85. The Morgan fingerprint density at radius 2 is 2.07 bits per heavy atom. The Bertz CT molecular complexity index is 378. The number of H-pyrrole nitrogens is 1. The van der Waals surface area contributed by atoms with E-state index in [2.05, 4.69) is 15.5 Å². The van der Waals surface area contributed by atoms with Gasteiger partial charge in [0.05, 0.1) is 5.69 Å². The van der Waals surface area contributed by atoms with Crippen molar-refractivity contribution in [2.45, 2.75) is 50.1 Å². The molecule has 1 aromatic heterocycles. The first-order chi connectivity index (χ1) is 6.92. The highest BCUT2D eigenvalue weighted by Crippen LogP contribution is 2.46. The zero-order chi connectivity index (χ0) is 9.12. The molecule has 3 heteroatoms. The molecule has 1 saturated heterocycles. The minimum Gasteiger partial charge on any atom is -0.307 e. The van der Waals surface area contributed by atoms with Crippen molar-refractivity contribution in [3.05, 3.63) is 17.0 Å². The molecule has 1 aliphatic carbocycles. The summed E-state index contributed by atoms with van der Waals surface area (Å²) in [5.74, 6) is 0.786. The third kappa shape index (κ3) is 0.883. The Kier molecular flexibility index (Phi) is 1.28. The number of nitrogens with zero attached hydrogens (tertiary/aromatic N) is 1. The molecule has 0 spiro atoms. The topological polar surface area (TPSA) is 40.7 Å². The highest BCUT2D eigenvalue weighted by atomic mass is 15.2. The van der Waals surface area contributed by atoms with Crippen molar-refractivity contribution in [2.75, 3.05) is 0 Å². The summed E-state index contributed by atoms with van der Waals surface area (Å²) in [5, 5.41) is 11.5. The Labute approximate surface area is 83.3 Å². The van der Waals surface area contributed by atoms with Gasteiger partial charge in [-0.1, -0.05) is 0 Å². The molecule has 2 aliphatic heterocycles. The van der Waals surface area contributed by atoms with Crippen LogP contribution in [0.15, 0.2) is 0 Å². The van der Waals surface area contributed by atoms with Crippen molar-refractivity contribution >= 4 is 0 Å². The van der Waals surface area contributed by atoms with Crippen molar-refractivity contribution in [2.24, 2.45) is 0 Å². The van der Waals surface area contributed by atoms with Crippen LogP contribution in [0.5, 0.6) is 0 Å². The van der Waals surface area contributed by atoms with Gasteiger partial charge in [-0.3, -0.25) is 5.10 Å². The van der Waals surface area contributed by atoms with Crippen LogP contribution in [0.4, 0.5) is 0 Å². The van der Waals surface area contributed by atoms with E-state index in [1.165, 1.54) is 43.5 Å². The van der Waals surface area contributed by atoms with Gasteiger partial charge < -0.3 is 5.32 Å². The van der Waals surface area contributed by atoms with E-state index in [1.54, 1.807) is 5.56 Å². The number of hydrogen-bond acceptors (Lipinski definition) is 2. The predicted octanol–water partition coefficient (Wildman–Crippen LogP) is 1.64. The van der Waals surface area contributed by atoms with E-state index in [-0.39, 0.29) is 0 Å². The molecule has 0 aromatic carbocycles. The molecule has 1 aromatic rings. The van der Waals surface area contributed by atoms with Crippen molar-refractivity contribution in [1.29, 1.82) is 0 Å². The van der Waals surface area contributed by atoms with Crippen LogP contribution in [0.1, 0.15) is 54.6 Å². The average molecular weight is 189 g/mol. The minimum atomic E-state index is 0.623. The summed E-state index contributed by atoms with van der Waals surface area (Å²) >= 11 is 0. The van der Waals surface area contributed by atoms with E-state index in [1.807, 2.05) is 0 Å². The maximum atomic E-state index is 4.51. The standard InChI is InChI=1S/C11H15N3/c1-2-6(1)11-10-8-4-3-7(12-8)5-9(10)13-14-11/h6-8,12H,1-5H2,(H,13,14)/t7-,8+/m1/s1. The molecule has 3 aliphatic rings. The summed E-state index contributed by atoms with van der Waals surface area (Å²) in [6.45, 7) is 0. The first kappa shape index (κ1) is 7.46. The van der Waals surface area contributed by atoms with Crippen LogP contribution in [0, 0.1) is 0 Å². The zero-order valence-corrected chi connectivity index (χ0v) is 8.21. The second-order valence-electron chi connectivity index (χ2n) is 4.97. The molecule has 0 radical (unpaired) electrons. The molecular weight excluding hydrogens is 174 g/mol. The number of hydrogen-bond donors (Lipinski definition) is 2. The maximum Gasteiger partial charge on any atom is 0.0703 e. The normalized spacial score (nSPS) is 34.6. The second-order valence-corrected chi connectivity index (χ2v) is 4.97. The van der Waals surface area contributed by atoms with Crippen molar-refractivity contribution in [1.82, 2.24) is 15.5 Å². The van der Waals surface area contributed by atoms with Crippen LogP contribution in [0.2, 0.25) is 0 Å². The zero-order valence-electron chi connectivity index (χ0n) is 8.21. The summed E-state index contributed by atoms with van der Waals surface area (Å²) < 4.78 is 0. The van der Waals surface area contributed by atoms with Crippen LogP contribution in [0.25, 0.3) is 0 Å². The fraction of sp³-hybridized carbons (Fsp3) is 0.727. The molecule has 74 valence electrons. The number of fused-ring (bicyclic) bond motifs is 4. The van der Waals surface area contributed by atoms with E-state index < -0.39 is 0 Å². The highest BCUT2D eigenvalue weighted by Gasteiger charge is 2.39. The third-order valence-electron chi connectivity index (χ3n) is 3.92. The molecule has 3 nitrogen and oxygen atoms in total. The lowest BCUT2D eigenvalue weighted by molar-refractivity contribution is 0.509. The molecule has 14 heavy (non-hydrogen) atoms. The molecule has 2 atom stereocenters. The fourth-order valence-corrected chi connectivity index (χ4v) is 3.07. The molecule has 2 bridgehead atoms. The number of aromatic nitrogens is 2. The van der Waals surface area contributed by atoms with E-state index in [4.69, 9.17) is 0 Å². The van der Waals surface area contributed by atoms with Crippen LogP contribution < -0.4 is 5.32 Å². The SMILES string of the molecule is C1CC1c1n[nH]c2c1[C@@H]1CC[C@H](C2)N1. The van der Waals surface area contributed by atoms with Gasteiger partial charge in [-0.05, 0) is 25.7 Å². The third-order valence-corrected chi connectivity index (χ3v) is 3.92. The summed E-state index contributed by atoms with van der Waals surface area (Å²) in [6, 6.07) is 1.35. The number of aromatic amines is 1. The van der Waals surface area contributed by atoms with Gasteiger partial charge in [-0.25, -0.2) is 0 Å². The number of nitrogens with one attached hydrogen (secondary N) is 2. The summed E-state index contributed by atoms with van der Waals surface area (Å²) in [7, 11) is 0. The largest absolute Gasteiger partial charge is 0.307 e. The minimum absolute atomic E-state index is 0.623. The van der Waals surface area contributed by atoms with Gasteiger partial charge in [0.1, 0.15) is 0 Å². The van der Waals surface area contributed by atoms with Crippen molar-refractivity contribution in [3.8, 4) is 0 Å². The Morgan fingerprint density at radius 3 is 2.93 bits per heavy atom. The first-order valence-corrected chi connectivity index (χ1v) is 5.75. The second kappa shape index (κ2) is 2.40.